The Balaban J connectivity index is 1.39. The predicted octanol–water partition coefficient (Wildman–Crippen LogP) is 6.42. The van der Waals surface area contributed by atoms with Crippen molar-refractivity contribution in [3.63, 3.8) is 0 Å². The third-order valence-corrected chi connectivity index (χ3v) is 8.05. The number of halogens is 1. The maximum absolute atomic E-state index is 13.2. The molecule has 0 fully saturated rings. The van der Waals surface area contributed by atoms with Crippen LogP contribution in [0.25, 0.3) is 10.2 Å². The molecule has 0 aliphatic carbocycles. The lowest BCUT2D eigenvalue weighted by Gasteiger charge is -2.28. The van der Waals surface area contributed by atoms with E-state index < -0.39 is 16.1 Å². The Bertz CT molecular complexity index is 1670. The molecule has 198 valence electrons. The van der Waals surface area contributed by atoms with Gasteiger partial charge in [0.05, 0.1) is 42.2 Å². The Kier molecular flexibility index (Phi) is 7.48. The van der Waals surface area contributed by atoms with E-state index in [1.54, 1.807) is 36.5 Å². The maximum atomic E-state index is 13.2. The van der Waals surface area contributed by atoms with Crippen LogP contribution in [0.1, 0.15) is 17.3 Å². The van der Waals surface area contributed by atoms with Crippen LogP contribution in [0.15, 0.2) is 75.6 Å². The van der Waals surface area contributed by atoms with Crippen LogP contribution in [0, 0.1) is 20.2 Å². The molecule has 0 radical (unpaired) electrons. The average Bonchev–Trinajstić information content (AvgIpc) is 3.30. The van der Waals surface area contributed by atoms with Gasteiger partial charge < -0.3 is 10.1 Å². The Morgan fingerprint density at radius 3 is 2.69 bits per heavy atom. The normalized spacial score (nSPS) is 15.7. The molecule has 5 rings (SSSR count). The highest BCUT2D eigenvalue weighted by Gasteiger charge is 2.31. The molecule has 11 nitrogen and oxygen atoms in total. The molecule has 1 atom stereocenters. The van der Waals surface area contributed by atoms with Gasteiger partial charge >= 0.3 is 0 Å². The number of likely N-dealkylation sites (N-methyl/N-ethyl adjacent to an activating group) is 1. The van der Waals surface area contributed by atoms with Crippen LogP contribution in [0.4, 0.5) is 17.1 Å². The predicted molar refractivity (Wildman–Crippen MR) is 149 cm³/mol. The topological polar surface area (TPSA) is 150 Å². The maximum Gasteiger partial charge on any atom is 0.290 e. The first kappa shape index (κ1) is 26.6. The zero-order valence-corrected chi connectivity index (χ0v) is 22.4. The lowest BCUT2D eigenvalue weighted by atomic mass is 9.99. The molecule has 1 aliphatic rings. The number of non-ortho nitro benzene ring substituents is 1. The van der Waals surface area contributed by atoms with Gasteiger partial charge in [-0.05, 0) is 49.0 Å². The lowest BCUT2D eigenvalue weighted by molar-refractivity contribution is -0.396. The Hall–Kier alpha value is -4.04. The first-order chi connectivity index (χ1) is 18.7. The van der Waals surface area contributed by atoms with Gasteiger partial charge in [-0.2, -0.15) is 0 Å². The molecule has 2 N–H and O–H groups in total. The number of nitrogens with one attached hydrogen (secondary N) is 2. The largest absolute Gasteiger partial charge is 0.470 e. The number of nitro benzene ring substituents is 2. The van der Waals surface area contributed by atoms with Crippen molar-refractivity contribution in [2.45, 2.75) is 22.4 Å². The molecule has 0 amide bonds. The van der Waals surface area contributed by atoms with Gasteiger partial charge in [-0.1, -0.05) is 30.3 Å². The number of carbonyl (C=O) groups excluding carboxylic acids is 1. The molecule has 2 heterocycles. The highest BCUT2D eigenvalue weighted by atomic mass is 35.5. The number of rotatable bonds is 8. The molecule has 1 aliphatic heterocycles. The van der Waals surface area contributed by atoms with E-state index in [4.69, 9.17) is 16.3 Å². The SMILES string of the molecule is CCNC1Oc2ccc(Cl)cc2C(=O)/C1=C/Nc1ccc2nc(Sc3ccc([N+](=O)[O-])cc3[N+](=O)[O-])sc2c1. The number of Topliss-reactive ketones (excluding diaryl/α,β-unsaturated/α-hetero) is 1. The number of benzene rings is 3. The first-order valence-corrected chi connectivity index (χ1v) is 13.5. The van der Waals surface area contributed by atoms with Gasteiger partial charge in [-0.15, -0.1) is 11.3 Å². The number of fused-ring (bicyclic) bond motifs is 2. The van der Waals surface area contributed by atoms with Crippen LogP contribution in [-0.2, 0) is 0 Å². The van der Waals surface area contributed by atoms with E-state index in [-0.39, 0.29) is 22.1 Å². The molecule has 1 aromatic heterocycles. The fourth-order valence-electron chi connectivity index (χ4n) is 3.87. The monoisotopic (exact) mass is 583 g/mol. The van der Waals surface area contributed by atoms with Crippen molar-refractivity contribution in [1.29, 1.82) is 0 Å². The number of nitrogens with zero attached hydrogens (tertiary/aromatic N) is 3. The van der Waals surface area contributed by atoms with Crippen LogP contribution < -0.4 is 15.4 Å². The Morgan fingerprint density at radius 2 is 1.95 bits per heavy atom. The molecule has 14 heteroatoms. The zero-order chi connectivity index (χ0) is 27.7. The summed E-state index contributed by atoms with van der Waals surface area (Å²) in [5.41, 5.74) is 1.42. The fourth-order valence-corrected chi connectivity index (χ4v) is 6.19. The second-order valence-electron chi connectivity index (χ2n) is 8.20. The Labute approximate surface area is 234 Å². The number of anilines is 1. The summed E-state index contributed by atoms with van der Waals surface area (Å²) < 4.78 is 7.32. The second-order valence-corrected chi connectivity index (χ2v) is 11.0. The number of nitro groups is 2. The molecule has 0 bridgehead atoms. The summed E-state index contributed by atoms with van der Waals surface area (Å²) in [6, 6.07) is 13.9. The van der Waals surface area contributed by atoms with Gasteiger partial charge in [0.2, 0.25) is 0 Å². The molecule has 1 unspecified atom stereocenters. The van der Waals surface area contributed by atoms with Crippen molar-refractivity contribution in [3.05, 3.63) is 97.2 Å². The van der Waals surface area contributed by atoms with Gasteiger partial charge in [-0.25, -0.2) is 4.98 Å². The summed E-state index contributed by atoms with van der Waals surface area (Å²) >= 11 is 8.47. The molecule has 0 saturated heterocycles. The number of hydrogen-bond donors (Lipinski definition) is 2. The van der Waals surface area contributed by atoms with Gasteiger partial charge in [0, 0.05) is 23.0 Å². The third kappa shape index (κ3) is 5.56. The Morgan fingerprint density at radius 1 is 1.13 bits per heavy atom. The third-order valence-electron chi connectivity index (χ3n) is 5.68. The molecule has 3 aromatic carbocycles. The van der Waals surface area contributed by atoms with Gasteiger partial charge in [-0.3, -0.25) is 30.3 Å². The number of carbonyl (C=O) groups is 1. The summed E-state index contributed by atoms with van der Waals surface area (Å²) in [5, 5.41) is 29.2. The van der Waals surface area contributed by atoms with Crippen LogP contribution in [-0.4, -0.2) is 33.4 Å². The van der Waals surface area contributed by atoms with E-state index in [9.17, 15) is 25.0 Å². The molecule has 0 saturated carbocycles. The van der Waals surface area contributed by atoms with Gasteiger partial charge in [0.15, 0.2) is 16.4 Å². The number of ether oxygens (including phenoxy) is 1. The van der Waals surface area contributed by atoms with Crippen LogP contribution in [0.2, 0.25) is 5.02 Å². The molecule has 39 heavy (non-hydrogen) atoms. The molecule has 0 spiro atoms. The lowest BCUT2D eigenvalue weighted by Crippen LogP contribution is -2.42. The van der Waals surface area contributed by atoms with E-state index in [0.29, 0.717) is 44.0 Å². The highest BCUT2D eigenvalue weighted by molar-refractivity contribution is 8.01. The number of thiazole rings is 1. The fraction of sp³-hybridized carbons (Fsp3) is 0.120. The van der Waals surface area contributed by atoms with Crippen molar-refractivity contribution in [3.8, 4) is 5.75 Å². The molecular formula is C25H18ClN5O6S2. The van der Waals surface area contributed by atoms with Crippen molar-refractivity contribution in [1.82, 2.24) is 10.3 Å². The van der Waals surface area contributed by atoms with E-state index >= 15 is 0 Å². The van der Waals surface area contributed by atoms with Gasteiger partial charge in [0.25, 0.3) is 11.4 Å². The quantitative estimate of drug-likeness (QED) is 0.135. The van der Waals surface area contributed by atoms with Crippen LogP contribution in [0.3, 0.4) is 0 Å². The molecular weight excluding hydrogens is 566 g/mol. The minimum Gasteiger partial charge on any atom is -0.470 e. The van der Waals surface area contributed by atoms with Crippen molar-refractivity contribution < 1.29 is 19.4 Å². The van der Waals surface area contributed by atoms with E-state index in [1.807, 2.05) is 13.0 Å². The number of hydrogen-bond acceptors (Lipinski definition) is 11. The van der Waals surface area contributed by atoms with Crippen LogP contribution in [0.5, 0.6) is 5.75 Å². The minimum atomic E-state index is -0.676. The average molecular weight is 584 g/mol. The summed E-state index contributed by atoms with van der Waals surface area (Å²) in [6.07, 6.45) is 0.953. The molecule has 4 aromatic rings. The van der Waals surface area contributed by atoms with Crippen molar-refractivity contribution >= 4 is 67.8 Å². The summed E-state index contributed by atoms with van der Waals surface area (Å²) in [5.74, 6) is 0.247. The number of aromatic nitrogens is 1. The zero-order valence-electron chi connectivity index (χ0n) is 20.0. The first-order valence-electron chi connectivity index (χ1n) is 11.5. The van der Waals surface area contributed by atoms with Crippen LogP contribution >= 0.6 is 34.7 Å². The van der Waals surface area contributed by atoms with E-state index in [2.05, 4.69) is 15.6 Å². The van der Waals surface area contributed by atoms with Gasteiger partial charge in [0.1, 0.15) is 5.75 Å². The number of ketones is 1. The summed E-state index contributed by atoms with van der Waals surface area (Å²) in [7, 11) is 0. The van der Waals surface area contributed by atoms with E-state index in [1.165, 1.54) is 23.5 Å². The van der Waals surface area contributed by atoms with E-state index in [0.717, 1.165) is 22.5 Å². The smallest absolute Gasteiger partial charge is 0.290 e. The second kappa shape index (κ2) is 11.0. The summed E-state index contributed by atoms with van der Waals surface area (Å²) in [4.78, 5) is 39.1. The minimum absolute atomic E-state index is 0.209. The summed E-state index contributed by atoms with van der Waals surface area (Å²) in [6.45, 7) is 2.49. The standard InChI is InChI=1S/C25H18ClN5O6S2/c1-2-27-24-17(23(32)16-9-13(26)3-7-20(16)37-24)12-28-14-4-6-18-22(10-14)39-25(29-18)38-21-8-5-15(30(33)34)11-19(21)31(35)36/h3-12,24,27-28H,2H2,1H3/b17-12-. The highest BCUT2D eigenvalue weighted by Crippen LogP contribution is 2.40. The van der Waals surface area contributed by atoms with Crippen molar-refractivity contribution in [2.75, 3.05) is 11.9 Å². The van der Waals surface area contributed by atoms with Crippen molar-refractivity contribution in [2.24, 2.45) is 0 Å².